The fourth-order valence-corrected chi connectivity index (χ4v) is 3.55. The van der Waals surface area contributed by atoms with Gasteiger partial charge in [-0.15, -0.1) is 0 Å². The zero-order chi connectivity index (χ0) is 11.6. The van der Waals surface area contributed by atoms with Gasteiger partial charge in [0.05, 0.1) is 10.8 Å². The van der Waals surface area contributed by atoms with Crippen molar-refractivity contribution >= 4 is 10.8 Å². The maximum atomic E-state index is 13.0. The van der Waals surface area contributed by atoms with Crippen molar-refractivity contribution in [2.75, 3.05) is 12.3 Å². The molecule has 0 heterocycles. The first-order valence-corrected chi connectivity index (χ1v) is 6.81. The molecule has 16 heavy (non-hydrogen) atoms. The van der Waals surface area contributed by atoms with Crippen LogP contribution in [0, 0.1) is 11.2 Å². The molecule has 1 aromatic rings. The molecule has 1 aliphatic carbocycles. The van der Waals surface area contributed by atoms with Crippen LogP contribution < -0.4 is 5.73 Å². The Balaban J connectivity index is 2.03. The summed E-state index contributed by atoms with van der Waals surface area (Å²) in [4.78, 5) is 0.586. The van der Waals surface area contributed by atoms with Crippen molar-refractivity contribution < 1.29 is 8.60 Å². The van der Waals surface area contributed by atoms with E-state index in [1.54, 1.807) is 12.1 Å². The van der Waals surface area contributed by atoms with Crippen LogP contribution in [0.4, 0.5) is 4.39 Å². The van der Waals surface area contributed by atoms with Gasteiger partial charge in [0.25, 0.3) is 0 Å². The predicted octanol–water partition coefficient (Wildman–Crippen LogP) is 2.06. The van der Waals surface area contributed by atoms with Gasteiger partial charge in [0.2, 0.25) is 0 Å². The third-order valence-corrected chi connectivity index (χ3v) is 4.78. The lowest BCUT2D eigenvalue weighted by Gasteiger charge is -2.13. The van der Waals surface area contributed by atoms with Crippen molar-refractivity contribution in [3.8, 4) is 0 Å². The molecule has 0 aliphatic heterocycles. The third-order valence-electron chi connectivity index (χ3n) is 3.13. The second-order valence-corrected chi connectivity index (χ2v) is 5.94. The van der Waals surface area contributed by atoms with E-state index in [1.165, 1.54) is 12.1 Å². The van der Waals surface area contributed by atoms with E-state index >= 15 is 0 Å². The highest BCUT2D eigenvalue weighted by molar-refractivity contribution is 7.85. The number of rotatable bonds is 5. The van der Waals surface area contributed by atoms with E-state index in [4.69, 9.17) is 5.73 Å². The summed E-state index contributed by atoms with van der Waals surface area (Å²) in [5, 5.41) is 0. The monoisotopic (exact) mass is 241 g/mol. The molecule has 0 bridgehead atoms. The topological polar surface area (TPSA) is 43.1 Å². The molecule has 0 spiro atoms. The largest absolute Gasteiger partial charge is 0.330 e. The molecule has 2 nitrogen and oxygen atoms in total. The Hall–Kier alpha value is -0.740. The van der Waals surface area contributed by atoms with Crippen LogP contribution in [-0.4, -0.2) is 16.5 Å². The molecule has 2 rings (SSSR count). The number of hydrogen-bond donors (Lipinski definition) is 1. The summed E-state index contributed by atoms with van der Waals surface area (Å²) in [6, 6.07) is 6.05. The van der Waals surface area contributed by atoms with Gasteiger partial charge in [0.1, 0.15) is 5.82 Å². The average Bonchev–Trinajstić information content (AvgIpc) is 2.98. The first kappa shape index (κ1) is 11.7. The molecule has 0 amide bonds. The molecule has 88 valence electrons. The quantitative estimate of drug-likeness (QED) is 0.857. The molecule has 1 saturated carbocycles. The molecular formula is C12H16FNOS. The second kappa shape index (κ2) is 4.63. The van der Waals surface area contributed by atoms with Crippen LogP contribution in [0.2, 0.25) is 0 Å². The van der Waals surface area contributed by atoms with E-state index in [0.29, 0.717) is 17.2 Å². The van der Waals surface area contributed by atoms with Gasteiger partial charge in [-0.05, 0) is 49.4 Å². The predicted molar refractivity (Wildman–Crippen MR) is 63.0 cm³/mol. The summed E-state index contributed by atoms with van der Waals surface area (Å²) in [5.74, 6) is 0.294. The molecule has 1 atom stereocenters. The lowest BCUT2D eigenvalue weighted by atomic mass is 10.1. The van der Waals surface area contributed by atoms with Gasteiger partial charge in [-0.2, -0.15) is 0 Å². The molecule has 1 aliphatic rings. The number of halogens is 1. The lowest BCUT2D eigenvalue weighted by Crippen LogP contribution is -2.17. The standard InChI is InChI=1S/C12H16FNOS/c13-10-2-1-3-11(8-10)16(15)9-12(4-5-12)6-7-14/h1-3,8H,4-7,9,14H2. The van der Waals surface area contributed by atoms with E-state index in [2.05, 4.69) is 0 Å². The van der Waals surface area contributed by atoms with Gasteiger partial charge in [-0.3, -0.25) is 4.21 Å². The van der Waals surface area contributed by atoms with Crippen molar-refractivity contribution in [1.82, 2.24) is 0 Å². The lowest BCUT2D eigenvalue weighted by molar-refractivity contribution is 0.529. The summed E-state index contributed by atoms with van der Waals surface area (Å²) >= 11 is 0. The molecule has 1 aromatic carbocycles. The first-order valence-electron chi connectivity index (χ1n) is 5.49. The molecule has 0 saturated heterocycles. The van der Waals surface area contributed by atoms with Crippen molar-refractivity contribution in [3.05, 3.63) is 30.1 Å². The van der Waals surface area contributed by atoms with Crippen LogP contribution in [0.5, 0.6) is 0 Å². The van der Waals surface area contributed by atoms with E-state index < -0.39 is 10.8 Å². The van der Waals surface area contributed by atoms with E-state index in [1.807, 2.05) is 0 Å². The fourth-order valence-electron chi connectivity index (χ4n) is 1.92. The van der Waals surface area contributed by atoms with Gasteiger partial charge < -0.3 is 5.73 Å². The van der Waals surface area contributed by atoms with Crippen molar-refractivity contribution in [2.24, 2.45) is 11.1 Å². The Bertz CT molecular complexity index is 404. The molecule has 0 aromatic heterocycles. The van der Waals surface area contributed by atoms with E-state index in [-0.39, 0.29) is 11.2 Å². The van der Waals surface area contributed by atoms with E-state index in [9.17, 15) is 8.60 Å². The Morgan fingerprint density at radius 1 is 1.44 bits per heavy atom. The Morgan fingerprint density at radius 2 is 2.19 bits per heavy atom. The summed E-state index contributed by atoms with van der Waals surface area (Å²) in [6.07, 6.45) is 3.13. The maximum absolute atomic E-state index is 13.0. The van der Waals surface area contributed by atoms with Crippen LogP contribution in [0.3, 0.4) is 0 Å². The fraction of sp³-hybridized carbons (Fsp3) is 0.500. The zero-order valence-corrected chi connectivity index (χ0v) is 9.93. The molecular weight excluding hydrogens is 225 g/mol. The third kappa shape index (κ3) is 2.68. The van der Waals surface area contributed by atoms with E-state index in [0.717, 1.165) is 19.3 Å². The van der Waals surface area contributed by atoms with Crippen LogP contribution in [-0.2, 0) is 10.8 Å². The zero-order valence-electron chi connectivity index (χ0n) is 9.12. The summed E-state index contributed by atoms with van der Waals surface area (Å²) in [5.41, 5.74) is 5.71. The van der Waals surface area contributed by atoms with Gasteiger partial charge >= 0.3 is 0 Å². The molecule has 0 radical (unpaired) electrons. The highest BCUT2D eigenvalue weighted by Crippen LogP contribution is 2.49. The van der Waals surface area contributed by atoms with Gasteiger partial charge in [0, 0.05) is 10.6 Å². The average molecular weight is 241 g/mol. The van der Waals surface area contributed by atoms with Crippen LogP contribution in [0.15, 0.2) is 29.2 Å². The Morgan fingerprint density at radius 3 is 2.75 bits per heavy atom. The summed E-state index contributed by atoms with van der Waals surface area (Å²) in [6.45, 7) is 0.639. The minimum absolute atomic E-state index is 0.173. The minimum Gasteiger partial charge on any atom is -0.330 e. The van der Waals surface area contributed by atoms with Gasteiger partial charge in [0.15, 0.2) is 0 Å². The molecule has 2 N–H and O–H groups in total. The van der Waals surface area contributed by atoms with Gasteiger partial charge in [-0.1, -0.05) is 6.07 Å². The Labute approximate surface area is 97.5 Å². The number of nitrogens with two attached hydrogens (primary N) is 1. The van der Waals surface area contributed by atoms with Crippen molar-refractivity contribution in [1.29, 1.82) is 0 Å². The molecule has 1 fully saturated rings. The molecule has 4 heteroatoms. The van der Waals surface area contributed by atoms with Crippen LogP contribution in [0.1, 0.15) is 19.3 Å². The second-order valence-electron chi connectivity index (χ2n) is 4.49. The van der Waals surface area contributed by atoms with Crippen molar-refractivity contribution in [3.63, 3.8) is 0 Å². The summed E-state index contributed by atoms with van der Waals surface area (Å²) < 4.78 is 25.0. The maximum Gasteiger partial charge on any atom is 0.124 e. The number of benzene rings is 1. The highest BCUT2D eigenvalue weighted by atomic mass is 32.2. The van der Waals surface area contributed by atoms with Gasteiger partial charge in [-0.25, -0.2) is 4.39 Å². The van der Waals surface area contributed by atoms with Crippen molar-refractivity contribution in [2.45, 2.75) is 24.2 Å². The van der Waals surface area contributed by atoms with Crippen LogP contribution >= 0.6 is 0 Å². The normalized spacial score (nSPS) is 19.4. The number of hydrogen-bond acceptors (Lipinski definition) is 2. The van der Waals surface area contributed by atoms with Crippen LogP contribution in [0.25, 0.3) is 0 Å². The minimum atomic E-state index is -1.10. The SMILES string of the molecule is NCCC1(CS(=O)c2cccc(F)c2)CC1. The molecule has 1 unspecified atom stereocenters. The first-order chi connectivity index (χ1) is 7.65. The highest BCUT2D eigenvalue weighted by Gasteiger charge is 2.43. The smallest absolute Gasteiger partial charge is 0.124 e. The Kier molecular flexibility index (Phi) is 3.40. The summed E-state index contributed by atoms with van der Waals surface area (Å²) in [7, 11) is -1.10.